The third-order valence-electron chi connectivity index (χ3n) is 10.6. The first-order valence-electron chi connectivity index (χ1n) is 23.5. The van der Waals surface area contributed by atoms with E-state index in [9.17, 15) is 28.0 Å². The number of allylic oxidation sites excluding steroid dienone is 7. The molecule has 0 saturated carbocycles. The Labute approximate surface area is 346 Å². The molecular weight excluding hydrogens is 719 g/mol. The minimum Gasteiger partial charge on any atom is -0.387 e. The summed E-state index contributed by atoms with van der Waals surface area (Å²) in [6, 6.07) is -1.25. The first-order valence-corrected chi connectivity index (χ1v) is 25.1. The van der Waals surface area contributed by atoms with E-state index in [4.69, 9.17) is 0 Å². The predicted molar refractivity (Wildman–Crippen MR) is 241 cm³/mol. The number of unbranched alkanes of at least 4 members (excludes halogenated alkanes) is 28. The van der Waals surface area contributed by atoms with Crippen LogP contribution >= 0.6 is 0 Å². The van der Waals surface area contributed by atoms with Crippen LogP contribution in [0.25, 0.3) is 0 Å². The molecule has 0 aliphatic heterocycles. The highest BCUT2D eigenvalue weighted by atomic mass is 32.2. The van der Waals surface area contributed by atoms with E-state index in [2.05, 4.69) is 55.6 Å². The number of rotatable bonds is 42. The van der Waals surface area contributed by atoms with Crippen LogP contribution in [0.1, 0.15) is 226 Å². The number of hydrogen-bond acceptors (Lipinski definition) is 5. The summed E-state index contributed by atoms with van der Waals surface area (Å²) in [5.41, 5.74) is 0. The highest BCUT2D eigenvalue weighted by Crippen LogP contribution is 2.15. The number of amides is 1. The second-order valence-electron chi connectivity index (χ2n) is 16.2. The number of hydrogen-bond donors (Lipinski definition) is 4. The van der Waals surface area contributed by atoms with Gasteiger partial charge in [-0.25, -0.2) is 0 Å². The van der Waals surface area contributed by atoms with Crippen LogP contribution in [-0.2, 0) is 14.9 Å². The van der Waals surface area contributed by atoms with Gasteiger partial charge in [-0.1, -0.05) is 217 Å². The maximum Gasteiger partial charge on any atom is 0.267 e. The molecule has 328 valence electrons. The van der Waals surface area contributed by atoms with Crippen molar-refractivity contribution in [2.24, 2.45) is 0 Å². The molecule has 3 atom stereocenters. The molecule has 0 bridgehead atoms. The third kappa shape index (κ3) is 40.5. The Morgan fingerprint density at radius 3 is 1.32 bits per heavy atom. The summed E-state index contributed by atoms with van der Waals surface area (Å²) in [7, 11) is -4.46. The molecule has 56 heavy (non-hydrogen) atoms. The van der Waals surface area contributed by atoms with Gasteiger partial charge in [0.1, 0.15) is 6.10 Å². The molecule has 8 heteroatoms. The van der Waals surface area contributed by atoms with Gasteiger partial charge < -0.3 is 15.5 Å². The number of aliphatic hydroxyl groups is 2. The average molecular weight is 808 g/mol. The Hall–Kier alpha value is -1.74. The Morgan fingerprint density at radius 2 is 0.857 bits per heavy atom. The normalized spacial score (nSPS) is 14.2. The molecule has 0 aromatic rings. The molecule has 0 aliphatic carbocycles. The van der Waals surface area contributed by atoms with Crippen molar-refractivity contribution in [1.82, 2.24) is 5.32 Å². The maximum absolute atomic E-state index is 12.6. The molecule has 3 unspecified atom stereocenters. The standard InChI is InChI=1S/C48H89NO6S/c1-3-5-7-9-11-13-15-17-19-21-23-24-25-27-28-30-32-34-36-38-40-42-46(50)45(44-56(53,54)55)49-48(52)47(51)43-41-39-37-35-33-31-29-26-22-20-18-16-14-12-10-8-6-4-2/h12,14,16,18,32,34,40,42,45-47,50-51H,3-11,13,15,17,19-31,33,35-39,41,43-44H2,1-2H3,(H,49,52)(H,53,54,55)/b14-12-,18-16-,34-32+,42-40+. The largest absolute Gasteiger partial charge is 0.387 e. The summed E-state index contributed by atoms with van der Waals surface area (Å²) in [5.74, 6) is -1.56. The minimum absolute atomic E-state index is 0.267. The Kier molecular flexibility index (Phi) is 40.1. The van der Waals surface area contributed by atoms with Crippen LogP contribution in [-0.4, -0.2) is 53.1 Å². The van der Waals surface area contributed by atoms with Crippen LogP contribution in [0.2, 0.25) is 0 Å². The van der Waals surface area contributed by atoms with Crippen LogP contribution in [0.15, 0.2) is 48.6 Å². The van der Waals surface area contributed by atoms with Crippen molar-refractivity contribution in [2.75, 3.05) is 5.75 Å². The molecule has 7 nitrogen and oxygen atoms in total. The molecule has 0 radical (unpaired) electrons. The van der Waals surface area contributed by atoms with Crippen LogP contribution < -0.4 is 5.32 Å². The molecule has 0 heterocycles. The molecular formula is C48H89NO6S. The van der Waals surface area contributed by atoms with Crippen LogP contribution in [0.5, 0.6) is 0 Å². The van der Waals surface area contributed by atoms with Gasteiger partial charge >= 0.3 is 0 Å². The highest BCUT2D eigenvalue weighted by Gasteiger charge is 2.27. The lowest BCUT2D eigenvalue weighted by atomic mass is 10.0. The van der Waals surface area contributed by atoms with Gasteiger partial charge in [-0.2, -0.15) is 8.42 Å². The molecule has 0 spiro atoms. The van der Waals surface area contributed by atoms with Gasteiger partial charge in [0.25, 0.3) is 10.1 Å². The summed E-state index contributed by atoms with van der Waals surface area (Å²) in [5, 5.41) is 23.5. The van der Waals surface area contributed by atoms with E-state index >= 15 is 0 Å². The fourth-order valence-corrected chi connectivity index (χ4v) is 7.73. The van der Waals surface area contributed by atoms with Crippen molar-refractivity contribution < 1.29 is 28.0 Å². The van der Waals surface area contributed by atoms with E-state index in [0.717, 1.165) is 38.5 Å². The van der Waals surface area contributed by atoms with Gasteiger partial charge in [0, 0.05) is 0 Å². The van der Waals surface area contributed by atoms with Crippen molar-refractivity contribution in [1.29, 1.82) is 0 Å². The molecule has 4 N–H and O–H groups in total. The van der Waals surface area contributed by atoms with Crippen molar-refractivity contribution in [2.45, 2.75) is 244 Å². The SMILES string of the molecule is CCCCC/C=C\C=C/CCCCCCCCCCCC(O)C(=O)NC(CS(=O)(=O)O)C(O)/C=C/CC/C=C/CCCCCCCCCCCCCCCCC. The molecule has 0 saturated heterocycles. The van der Waals surface area contributed by atoms with Crippen LogP contribution in [0, 0.1) is 0 Å². The van der Waals surface area contributed by atoms with Gasteiger partial charge in [0.2, 0.25) is 5.91 Å². The highest BCUT2D eigenvalue weighted by molar-refractivity contribution is 7.85. The fraction of sp³-hybridized carbons (Fsp3) is 0.812. The molecule has 0 aromatic heterocycles. The number of aliphatic hydroxyl groups excluding tert-OH is 2. The summed E-state index contributed by atoms with van der Waals surface area (Å²) in [6.45, 7) is 4.50. The summed E-state index contributed by atoms with van der Waals surface area (Å²) in [6.07, 6.45) is 53.1. The lowest BCUT2D eigenvalue weighted by Crippen LogP contribution is -2.50. The lowest BCUT2D eigenvalue weighted by molar-refractivity contribution is -0.130. The van der Waals surface area contributed by atoms with E-state index in [0.29, 0.717) is 12.8 Å². The van der Waals surface area contributed by atoms with Crippen LogP contribution in [0.4, 0.5) is 0 Å². The minimum atomic E-state index is -4.46. The van der Waals surface area contributed by atoms with Crippen molar-refractivity contribution in [3.05, 3.63) is 48.6 Å². The summed E-state index contributed by atoms with van der Waals surface area (Å²) >= 11 is 0. The van der Waals surface area contributed by atoms with Crippen molar-refractivity contribution in [3.8, 4) is 0 Å². The van der Waals surface area contributed by atoms with Crippen molar-refractivity contribution >= 4 is 16.0 Å². The molecule has 0 aromatic carbocycles. The van der Waals surface area contributed by atoms with Crippen molar-refractivity contribution in [3.63, 3.8) is 0 Å². The zero-order valence-corrected chi connectivity index (χ0v) is 37.2. The predicted octanol–water partition coefficient (Wildman–Crippen LogP) is 13.2. The first kappa shape index (κ1) is 54.3. The van der Waals surface area contributed by atoms with E-state index in [1.165, 1.54) is 160 Å². The number of carbonyl (C=O) groups is 1. The molecule has 1 amide bonds. The van der Waals surface area contributed by atoms with Gasteiger partial charge in [0.05, 0.1) is 17.9 Å². The van der Waals surface area contributed by atoms with E-state index in [-0.39, 0.29) is 6.42 Å². The van der Waals surface area contributed by atoms with Crippen LogP contribution in [0.3, 0.4) is 0 Å². The smallest absolute Gasteiger partial charge is 0.267 e. The zero-order valence-electron chi connectivity index (χ0n) is 36.4. The fourth-order valence-electron chi connectivity index (χ4n) is 6.99. The zero-order chi connectivity index (χ0) is 41.2. The topological polar surface area (TPSA) is 124 Å². The third-order valence-corrected chi connectivity index (χ3v) is 11.4. The number of nitrogens with one attached hydrogen (secondary N) is 1. The first-order chi connectivity index (χ1) is 27.2. The molecule has 0 aliphatic rings. The van der Waals surface area contributed by atoms with Gasteiger partial charge in [-0.15, -0.1) is 0 Å². The van der Waals surface area contributed by atoms with Gasteiger partial charge in [-0.05, 0) is 57.8 Å². The molecule has 0 rings (SSSR count). The Balaban J connectivity index is 4.01. The monoisotopic (exact) mass is 808 g/mol. The maximum atomic E-state index is 12.6. The summed E-state index contributed by atoms with van der Waals surface area (Å²) < 4.78 is 32.6. The quantitative estimate of drug-likeness (QED) is 0.0211. The Morgan fingerprint density at radius 1 is 0.500 bits per heavy atom. The summed E-state index contributed by atoms with van der Waals surface area (Å²) in [4.78, 5) is 12.6. The van der Waals surface area contributed by atoms with Gasteiger partial charge in [-0.3, -0.25) is 9.35 Å². The van der Waals surface area contributed by atoms with E-state index in [1.807, 2.05) is 0 Å². The lowest BCUT2D eigenvalue weighted by Gasteiger charge is -2.22. The number of carbonyl (C=O) groups excluding carboxylic acids is 1. The second kappa shape index (κ2) is 41.4. The van der Waals surface area contributed by atoms with Gasteiger partial charge in [0.15, 0.2) is 0 Å². The average Bonchev–Trinajstić information content (AvgIpc) is 3.17. The Bertz CT molecular complexity index is 1090. The van der Waals surface area contributed by atoms with E-state index < -0.39 is 40.0 Å². The molecule has 0 fully saturated rings. The second-order valence-corrected chi connectivity index (χ2v) is 17.7. The van der Waals surface area contributed by atoms with E-state index in [1.54, 1.807) is 6.08 Å².